The molecule has 1 aromatic rings. The van der Waals surface area contributed by atoms with Crippen LogP contribution in [-0.4, -0.2) is 21.7 Å². The second-order valence-corrected chi connectivity index (χ2v) is 3.89. The summed E-state index contributed by atoms with van der Waals surface area (Å²) >= 11 is 0. The molecule has 0 fully saturated rings. The summed E-state index contributed by atoms with van der Waals surface area (Å²) in [6.07, 6.45) is 0. The SMILES string of the molecule is O=S(=O)(OCC[18F])c1ccccc1. The molecular formula is C8H9FO3S. The van der Waals surface area contributed by atoms with Crippen LogP contribution in [0.25, 0.3) is 0 Å². The van der Waals surface area contributed by atoms with Crippen molar-refractivity contribution in [3.8, 4) is 0 Å². The maximum Gasteiger partial charge on any atom is 0.297 e. The number of benzene rings is 1. The molecule has 0 saturated heterocycles. The minimum Gasteiger partial charge on any atom is -0.264 e. The standard InChI is InChI=1S/C8H9FO3S/c9-6-7-12-13(10,11)8-4-2-1-3-5-8/h1-5H,6-7H2/i9-1. The number of halogens is 1. The normalized spacial score (nSPS) is 11.5. The molecule has 0 aliphatic carbocycles. The Labute approximate surface area is 76.3 Å². The summed E-state index contributed by atoms with van der Waals surface area (Å²) in [4.78, 5) is 0.0449. The van der Waals surface area contributed by atoms with Gasteiger partial charge in [-0.2, -0.15) is 8.42 Å². The monoisotopic (exact) mass is 203 g/mol. The van der Waals surface area contributed by atoms with Gasteiger partial charge in [0.2, 0.25) is 0 Å². The molecule has 3 nitrogen and oxygen atoms in total. The summed E-state index contributed by atoms with van der Waals surface area (Å²) in [5.74, 6) is 0. The predicted molar refractivity (Wildman–Crippen MR) is 45.6 cm³/mol. The average molecular weight is 203 g/mol. The third-order valence-electron chi connectivity index (χ3n) is 1.35. The lowest BCUT2D eigenvalue weighted by Gasteiger charge is -2.02. The highest BCUT2D eigenvalue weighted by molar-refractivity contribution is 7.86. The van der Waals surface area contributed by atoms with Crippen molar-refractivity contribution in [2.24, 2.45) is 0 Å². The summed E-state index contributed by atoms with van der Waals surface area (Å²) < 4.78 is 38.4. The Morgan fingerprint density at radius 1 is 1.23 bits per heavy atom. The number of hydrogen-bond acceptors (Lipinski definition) is 3. The van der Waals surface area contributed by atoms with Crippen LogP contribution in [0.3, 0.4) is 0 Å². The minimum atomic E-state index is -3.76. The Morgan fingerprint density at radius 3 is 2.38 bits per heavy atom. The van der Waals surface area contributed by atoms with Crippen molar-refractivity contribution in [1.29, 1.82) is 0 Å². The molecule has 1 aromatic carbocycles. The second-order valence-electron chi connectivity index (χ2n) is 2.28. The van der Waals surface area contributed by atoms with E-state index in [1.165, 1.54) is 12.1 Å². The van der Waals surface area contributed by atoms with Crippen LogP contribution in [0.5, 0.6) is 0 Å². The largest absolute Gasteiger partial charge is 0.297 e. The van der Waals surface area contributed by atoms with Crippen molar-refractivity contribution in [3.63, 3.8) is 0 Å². The molecular weight excluding hydrogens is 194 g/mol. The number of rotatable bonds is 4. The molecule has 0 N–H and O–H groups in total. The van der Waals surface area contributed by atoms with Crippen LogP contribution in [0.1, 0.15) is 0 Å². The van der Waals surface area contributed by atoms with Crippen molar-refractivity contribution in [2.75, 3.05) is 13.3 Å². The van der Waals surface area contributed by atoms with Gasteiger partial charge in [-0.05, 0) is 12.1 Å². The van der Waals surface area contributed by atoms with Gasteiger partial charge >= 0.3 is 0 Å². The lowest BCUT2D eigenvalue weighted by Crippen LogP contribution is -2.08. The Bertz CT molecular complexity index is 347. The molecule has 0 aromatic heterocycles. The fourth-order valence-electron chi connectivity index (χ4n) is 0.796. The molecule has 0 spiro atoms. The zero-order valence-electron chi connectivity index (χ0n) is 6.81. The van der Waals surface area contributed by atoms with Crippen molar-refractivity contribution in [2.45, 2.75) is 4.90 Å². The van der Waals surface area contributed by atoms with Gasteiger partial charge in [-0.15, -0.1) is 0 Å². The van der Waals surface area contributed by atoms with Gasteiger partial charge in [0, 0.05) is 0 Å². The maximum atomic E-state index is 11.6. The van der Waals surface area contributed by atoms with Gasteiger partial charge in [-0.25, -0.2) is 4.39 Å². The van der Waals surface area contributed by atoms with Crippen LogP contribution >= 0.6 is 0 Å². The molecule has 0 radical (unpaired) electrons. The van der Waals surface area contributed by atoms with E-state index < -0.39 is 23.4 Å². The third kappa shape index (κ3) is 2.78. The van der Waals surface area contributed by atoms with E-state index in [1.807, 2.05) is 0 Å². The van der Waals surface area contributed by atoms with Crippen molar-refractivity contribution in [3.05, 3.63) is 30.3 Å². The van der Waals surface area contributed by atoms with Crippen molar-refractivity contribution < 1.29 is 17.0 Å². The van der Waals surface area contributed by atoms with Crippen molar-refractivity contribution >= 4 is 10.1 Å². The average Bonchev–Trinajstić information content (AvgIpc) is 2.16. The topological polar surface area (TPSA) is 43.4 Å². The summed E-state index contributed by atoms with van der Waals surface area (Å²) in [6, 6.07) is 7.63. The Kier molecular flexibility index (Phi) is 3.39. The molecule has 0 atom stereocenters. The third-order valence-corrected chi connectivity index (χ3v) is 2.67. The van der Waals surface area contributed by atoms with Gasteiger partial charge in [-0.3, -0.25) is 4.18 Å². The van der Waals surface area contributed by atoms with Crippen LogP contribution in [-0.2, 0) is 14.3 Å². The maximum absolute atomic E-state index is 11.6. The first-order valence-corrected chi connectivity index (χ1v) is 5.08. The quantitative estimate of drug-likeness (QED) is 0.694. The van der Waals surface area contributed by atoms with Gasteiger partial charge in [0.15, 0.2) is 0 Å². The van der Waals surface area contributed by atoms with E-state index in [9.17, 15) is 12.8 Å². The predicted octanol–water partition coefficient (Wildman–Crippen LogP) is 1.36. The van der Waals surface area contributed by atoms with Crippen LogP contribution in [0, 0.1) is 0 Å². The zero-order valence-corrected chi connectivity index (χ0v) is 7.63. The van der Waals surface area contributed by atoms with Gasteiger partial charge in [0.25, 0.3) is 10.1 Å². The Hall–Kier alpha value is -0.940. The van der Waals surface area contributed by atoms with E-state index in [0.29, 0.717) is 0 Å². The van der Waals surface area contributed by atoms with E-state index in [4.69, 9.17) is 0 Å². The fraction of sp³-hybridized carbons (Fsp3) is 0.250. The first kappa shape index (κ1) is 10.1. The first-order valence-electron chi connectivity index (χ1n) is 3.67. The second kappa shape index (κ2) is 4.34. The molecule has 0 bridgehead atoms. The molecule has 1 rings (SSSR count). The summed E-state index contributed by atoms with van der Waals surface area (Å²) in [6.45, 7) is -1.25. The zero-order chi connectivity index (χ0) is 9.73. The molecule has 72 valence electrons. The van der Waals surface area contributed by atoms with Crippen molar-refractivity contribution in [1.82, 2.24) is 0 Å². The lowest BCUT2D eigenvalue weighted by molar-refractivity contribution is 0.277. The van der Waals surface area contributed by atoms with Gasteiger partial charge in [0.1, 0.15) is 6.67 Å². The molecule has 13 heavy (non-hydrogen) atoms. The molecule has 0 aliphatic rings. The smallest absolute Gasteiger partial charge is 0.264 e. The number of hydrogen-bond donors (Lipinski definition) is 0. The van der Waals surface area contributed by atoms with Crippen LogP contribution in [0.15, 0.2) is 35.2 Å². The van der Waals surface area contributed by atoms with Crippen LogP contribution < -0.4 is 0 Å². The van der Waals surface area contributed by atoms with E-state index in [0.717, 1.165) is 0 Å². The van der Waals surface area contributed by atoms with Gasteiger partial charge < -0.3 is 0 Å². The Balaban J connectivity index is 2.83. The van der Waals surface area contributed by atoms with E-state index in [1.54, 1.807) is 18.2 Å². The lowest BCUT2D eigenvalue weighted by atomic mass is 10.4. The van der Waals surface area contributed by atoms with E-state index in [-0.39, 0.29) is 4.90 Å². The molecule has 5 heteroatoms. The summed E-state index contributed by atoms with van der Waals surface area (Å²) in [7, 11) is -3.76. The summed E-state index contributed by atoms with van der Waals surface area (Å²) in [5.41, 5.74) is 0. The Morgan fingerprint density at radius 2 is 1.85 bits per heavy atom. The number of alkyl halides is 1. The molecule has 0 saturated carbocycles. The van der Waals surface area contributed by atoms with Crippen LogP contribution in [0.2, 0.25) is 0 Å². The van der Waals surface area contributed by atoms with Crippen LogP contribution in [0.4, 0.5) is 4.39 Å². The van der Waals surface area contributed by atoms with Gasteiger partial charge in [-0.1, -0.05) is 18.2 Å². The fourth-order valence-corrected chi connectivity index (χ4v) is 1.71. The highest BCUT2D eigenvalue weighted by atomic mass is 32.2. The minimum absolute atomic E-state index is 0.0449. The molecule has 0 heterocycles. The highest BCUT2D eigenvalue weighted by Gasteiger charge is 2.13. The first-order chi connectivity index (χ1) is 6.17. The highest BCUT2D eigenvalue weighted by Crippen LogP contribution is 2.10. The van der Waals surface area contributed by atoms with Gasteiger partial charge in [0.05, 0.1) is 11.5 Å². The molecule has 0 unspecified atom stereocenters. The van der Waals surface area contributed by atoms with E-state index >= 15 is 0 Å². The van der Waals surface area contributed by atoms with E-state index in [2.05, 4.69) is 4.18 Å². The molecule has 0 aliphatic heterocycles. The summed E-state index contributed by atoms with van der Waals surface area (Å²) in [5, 5.41) is 0. The molecule has 0 amide bonds.